The number of fused-ring (bicyclic) bond motifs is 1. The van der Waals surface area contributed by atoms with E-state index in [1.165, 1.54) is 0 Å². The third-order valence-electron chi connectivity index (χ3n) is 4.34. The van der Waals surface area contributed by atoms with E-state index in [2.05, 4.69) is 5.32 Å². The molecule has 1 heterocycles. The number of para-hydroxylation sites is 4. The fraction of sp³-hybridized carbons (Fsp3) is 0.333. The third kappa shape index (κ3) is 4.11. The van der Waals surface area contributed by atoms with Crippen molar-refractivity contribution in [2.75, 3.05) is 26.0 Å². The van der Waals surface area contributed by atoms with Crippen LogP contribution in [0.4, 0.5) is 5.69 Å². The molecular formula is C21H26N4O2. The zero-order valence-corrected chi connectivity index (χ0v) is 16.3. The first-order chi connectivity index (χ1) is 13.0. The molecule has 6 heteroatoms. The van der Waals surface area contributed by atoms with E-state index in [-0.39, 0.29) is 5.91 Å². The number of anilines is 1. The molecule has 27 heavy (non-hydrogen) atoms. The van der Waals surface area contributed by atoms with Gasteiger partial charge in [-0.25, -0.2) is 4.98 Å². The number of carbonyl (C=O) groups excluding carboxylic acids is 1. The molecule has 6 nitrogen and oxygen atoms in total. The summed E-state index contributed by atoms with van der Waals surface area (Å²) in [6, 6.07) is 15.0. The summed E-state index contributed by atoms with van der Waals surface area (Å²) in [4.78, 5) is 19.8. The van der Waals surface area contributed by atoms with E-state index in [0.29, 0.717) is 24.6 Å². The van der Waals surface area contributed by atoms with Crippen LogP contribution < -0.4 is 10.1 Å². The molecule has 0 saturated heterocycles. The van der Waals surface area contributed by atoms with Crippen molar-refractivity contribution in [3.8, 4) is 5.75 Å². The fourth-order valence-electron chi connectivity index (χ4n) is 3.13. The number of rotatable bonds is 7. The lowest BCUT2D eigenvalue weighted by Crippen LogP contribution is -2.26. The van der Waals surface area contributed by atoms with Gasteiger partial charge in [-0.1, -0.05) is 24.3 Å². The van der Waals surface area contributed by atoms with Crippen LogP contribution in [-0.4, -0.2) is 41.1 Å². The van der Waals surface area contributed by atoms with Crippen LogP contribution in [-0.2, 0) is 11.3 Å². The number of amides is 1. The number of hydrogen-bond acceptors (Lipinski definition) is 4. The average molecular weight is 366 g/mol. The highest BCUT2D eigenvalue weighted by atomic mass is 16.5. The van der Waals surface area contributed by atoms with Crippen molar-refractivity contribution < 1.29 is 9.53 Å². The Morgan fingerprint density at radius 3 is 2.63 bits per heavy atom. The Morgan fingerprint density at radius 2 is 1.89 bits per heavy atom. The summed E-state index contributed by atoms with van der Waals surface area (Å²) < 4.78 is 7.62. The molecule has 0 radical (unpaired) electrons. The van der Waals surface area contributed by atoms with Crippen molar-refractivity contribution >= 4 is 22.6 Å². The van der Waals surface area contributed by atoms with Gasteiger partial charge in [0.2, 0.25) is 5.91 Å². The van der Waals surface area contributed by atoms with Crippen molar-refractivity contribution in [1.29, 1.82) is 0 Å². The second-order valence-corrected chi connectivity index (χ2v) is 6.72. The standard InChI is InChI=1S/C21H26N4O2/c1-5-27-19-13-9-7-11-17(19)23-21(26)15(2)25-18-12-8-6-10-16(18)22-20(25)14-24(3)4/h6-13,15H,5,14H2,1-4H3,(H,23,26). The molecule has 0 bridgehead atoms. The van der Waals surface area contributed by atoms with Crippen molar-refractivity contribution in [3.63, 3.8) is 0 Å². The first-order valence-corrected chi connectivity index (χ1v) is 9.14. The molecule has 0 aliphatic rings. The molecule has 0 saturated carbocycles. The monoisotopic (exact) mass is 366 g/mol. The Bertz CT molecular complexity index is 933. The summed E-state index contributed by atoms with van der Waals surface area (Å²) in [5, 5.41) is 3.00. The van der Waals surface area contributed by atoms with Crippen LogP contribution >= 0.6 is 0 Å². The SMILES string of the molecule is CCOc1ccccc1NC(=O)C(C)n1c(CN(C)C)nc2ccccc21. The molecule has 3 rings (SSSR count). The minimum absolute atomic E-state index is 0.106. The van der Waals surface area contributed by atoms with Crippen molar-refractivity contribution in [2.24, 2.45) is 0 Å². The van der Waals surface area contributed by atoms with Gasteiger partial charge in [0.1, 0.15) is 17.6 Å². The molecule has 0 aliphatic heterocycles. The topological polar surface area (TPSA) is 59.4 Å². The number of ether oxygens (including phenoxy) is 1. The van der Waals surface area contributed by atoms with Crippen molar-refractivity contribution in [2.45, 2.75) is 26.4 Å². The maximum absolute atomic E-state index is 13.0. The fourth-order valence-corrected chi connectivity index (χ4v) is 3.13. The Morgan fingerprint density at radius 1 is 1.19 bits per heavy atom. The summed E-state index contributed by atoms with van der Waals surface area (Å²) in [7, 11) is 3.99. The van der Waals surface area contributed by atoms with Crippen LogP contribution in [0.1, 0.15) is 25.7 Å². The van der Waals surface area contributed by atoms with Crippen molar-refractivity contribution in [1.82, 2.24) is 14.5 Å². The smallest absolute Gasteiger partial charge is 0.247 e. The summed E-state index contributed by atoms with van der Waals surface area (Å²) in [5.41, 5.74) is 2.52. The van der Waals surface area contributed by atoms with Gasteiger partial charge in [0.25, 0.3) is 0 Å². The van der Waals surface area contributed by atoms with Gasteiger partial charge in [0.05, 0.1) is 29.9 Å². The van der Waals surface area contributed by atoms with Crippen LogP contribution in [0.25, 0.3) is 11.0 Å². The highest BCUT2D eigenvalue weighted by molar-refractivity contribution is 5.96. The van der Waals surface area contributed by atoms with E-state index >= 15 is 0 Å². The van der Waals surface area contributed by atoms with Crippen LogP contribution in [0.3, 0.4) is 0 Å². The minimum Gasteiger partial charge on any atom is -0.492 e. The van der Waals surface area contributed by atoms with Gasteiger partial charge in [-0.15, -0.1) is 0 Å². The van der Waals surface area contributed by atoms with Gasteiger partial charge in [0.15, 0.2) is 0 Å². The van der Waals surface area contributed by atoms with Crippen LogP contribution in [0.5, 0.6) is 5.75 Å². The Labute approximate surface area is 159 Å². The first-order valence-electron chi connectivity index (χ1n) is 9.14. The molecule has 2 aromatic carbocycles. The number of aromatic nitrogens is 2. The van der Waals surface area contributed by atoms with Gasteiger partial charge < -0.3 is 19.5 Å². The van der Waals surface area contributed by atoms with Gasteiger partial charge in [-0.2, -0.15) is 0 Å². The summed E-state index contributed by atoms with van der Waals surface area (Å²) in [6.45, 7) is 5.02. The second-order valence-electron chi connectivity index (χ2n) is 6.72. The van der Waals surface area contributed by atoms with Crippen LogP contribution in [0.15, 0.2) is 48.5 Å². The van der Waals surface area contributed by atoms with Gasteiger partial charge in [-0.05, 0) is 52.2 Å². The highest BCUT2D eigenvalue weighted by Gasteiger charge is 2.22. The molecule has 0 fully saturated rings. The van der Waals surface area contributed by atoms with Crippen LogP contribution in [0.2, 0.25) is 0 Å². The number of carbonyl (C=O) groups is 1. The Kier molecular flexibility index (Phi) is 5.76. The lowest BCUT2D eigenvalue weighted by molar-refractivity contribution is -0.118. The van der Waals surface area contributed by atoms with Crippen LogP contribution in [0, 0.1) is 0 Å². The van der Waals surface area contributed by atoms with E-state index in [1.54, 1.807) is 0 Å². The number of hydrogen-bond donors (Lipinski definition) is 1. The van der Waals surface area contributed by atoms with Gasteiger partial charge in [0, 0.05) is 0 Å². The summed E-state index contributed by atoms with van der Waals surface area (Å²) in [5.74, 6) is 1.43. The molecular weight excluding hydrogens is 340 g/mol. The van der Waals surface area contributed by atoms with Gasteiger partial charge in [-0.3, -0.25) is 4.79 Å². The number of benzene rings is 2. The quantitative estimate of drug-likeness (QED) is 0.693. The lowest BCUT2D eigenvalue weighted by atomic mass is 10.2. The van der Waals surface area contributed by atoms with Crippen molar-refractivity contribution in [3.05, 3.63) is 54.4 Å². The van der Waals surface area contributed by atoms with E-state index in [1.807, 2.05) is 85.9 Å². The number of nitrogens with one attached hydrogen (secondary N) is 1. The largest absolute Gasteiger partial charge is 0.492 e. The normalized spacial score (nSPS) is 12.3. The van der Waals surface area contributed by atoms with E-state index in [9.17, 15) is 4.79 Å². The molecule has 1 amide bonds. The molecule has 1 aromatic heterocycles. The van der Waals surface area contributed by atoms with E-state index < -0.39 is 6.04 Å². The summed E-state index contributed by atoms with van der Waals surface area (Å²) >= 11 is 0. The molecule has 0 aliphatic carbocycles. The minimum atomic E-state index is -0.415. The Balaban J connectivity index is 1.93. The zero-order valence-electron chi connectivity index (χ0n) is 16.3. The molecule has 1 atom stereocenters. The lowest BCUT2D eigenvalue weighted by Gasteiger charge is -2.20. The number of imidazole rings is 1. The molecule has 3 aromatic rings. The molecule has 1 unspecified atom stereocenters. The Hall–Kier alpha value is -2.86. The first kappa shape index (κ1) is 18.9. The van der Waals surface area contributed by atoms with E-state index in [0.717, 1.165) is 16.9 Å². The van der Waals surface area contributed by atoms with Gasteiger partial charge >= 0.3 is 0 Å². The zero-order chi connectivity index (χ0) is 19.4. The average Bonchev–Trinajstić information content (AvgIpc) is 2.99. The highest BCUT2D eigenvalue weighted by Crippen LogP contribution is 2.27. The molecule has 0 spiro atoms. The predicted octanol–water partition coefficient (Wildman–Crippen LogP) is 3.70. The third-order valence-corrected chi connectivity index (χ3v) is 4.34. The van der Waals surface area contributed by atoms with E-state index in [4.69, 9.17) is 9.72 Å². The second kappa shape index (κ2) is 8.22. The maximum atomic E-state index is 13.0. The maximum Gasteiger partial charge on any atom is 0.247 e. The number of nitrogens with zero attached hydrogens (tertiary/aromatic N) is 3. The summed E-state index contributed by atoms with van der Waals surface area (Å²) in [6.07, 6.45) is 0. The molecule has 1 N–H and O–H groups in total. The molecule has 142 valence electrons. The predicted molar refractivity (Wildman–Crippen MR) is 108 cm³/mol.